The molecule has 2 rings (SSSR count). The zero-order valence-electron chi connectivity index (χ0n) is 18.8. The van der Waals surface area contributed by atoms with Crippen LogP contribution in [0.25, 0.3) is 0 Å². The van der Waals surface area contributed by atoms with Crippen molar-refractivity contribution in [2.75, 3.05) is 25.4 Å². The van der Waals surface area contributed by atoms with Crippen LogP contribution in [0.1, 0.15) is 80.1 Å². The van der Waals surface area contributed by atoms with Crippen LogP contribution in [0, 0.1) is 5.92 Å². The molecule has 0 bridgehead atoms. The summed E-state index contributed by atoms with van der Waals surface area (Å²) < 4.78 is 5.70. The lowest BCUT2D eigenvalue weighted by atomic mass is 9.92. The molecule has 2 heterocycles. The van der Waals surface area contributed by atoms with Crippen molar-refractivity contribution in [2.24, 2.45) is 5.92 Å². The number of thioether (sulfide) groups is 1. The summed E-state index contributed by atoms with van der Waals surface area (Å²) >= 11 is 1.96. The number of rotatable bonds is 4. The molecule has 0 aromatic rings. The van der Waals surface area contributed by atoms with Gasteiger partial charge in [0.1, 0.15) is 5.60 Å². The minimum Gasteiger partial charge on any atom is -0.444 e. The predicted octanol–water partition coefficient (Wildman–Crippen LogP) is 4.94. The number of carbonyl (C=O) groups excluding carboxylic acids is 2. The molecule has 0 aliphatic carbocycles. The molecule has 0 N–H and O–H groups in total. The van der Waals surface area contributed by atoms with Gasteiger partial charge in [-0.05, 0) is 58.8 Å². The highest BCUT2D eigenvalue weighted by molar-refractivity contribution is 8.00. The zero-order chi connectivity index (χ0) is 20.9. The molecule has 0 radical (unpaired) electrons. The highest BCUT2D eigenvalue weighted by Gasteiger charge is 2.32. The lowest BCUT2D eigenvalue weighted by Crippen LogP contribution is -2.47. The highest BCUT2D eigenvalue weighted by Crippen LogP contribution is 2.30. The second kappa shape index (κ2) is 9.73. The van der Waals surface area contributed by atoms with Gasteiger partial charge in [0.15, 0.2) is 0 Å². The van der Waals surface area contributed by atoms with E-state index in [1.165, 1.54) is 6.42 Å². The maximum atomic E-state index is 13.0. The fraction of sp³-hybridized carbons (Fsp3) is 0.909. The molecule has 2 aliphatic rings. The molecule has 0 unspecified atom stereocenters. The number of nitrogens with zero attached hydrogens (tertiary/aromatic N) is 2. The molecule has 2 amide bonds. The third kappa shape index (κ3) is 7.84. The first-order valence-corrected chi connectivity index (χ1v) is 11.8. The molecule has 6 heteroatoms. The Hall–Kier alpha value is -0.910. The van der Waals surface area contributed by atoms with Crippen molar-refractivity contribution in [3.05, 3.63) is 0 Å². The highest BCUT2D eigenvalue weighted by atomic mass is 32.2. The Bertz CT molecular complexity index is 531. The van der Waals surface area contributed by atoms with Crippen LogP contribution in [0.5, 0.6) is 0 Å². The summed E-state index contributed by atoms with van der Waals surface area (Å²) in [6.07, 6.45) is 5.66. The summed E-state index contributed by atoms with van der Waals surface area (Å²) in [5, 5.41) is 0. The largest absolute Gasteiger partial charge is 0.444 e. The first-order chi connectivity index (χ1) is 12.9. The Morgan fingerprint density at radius 2 is 1.61 bits per heavy atom. The summed E-state index contributed by atoms with van der Waals surface area (Å²) in [5.74, 6) is 1.73. The van der Waals surface area contributed by atoms with Crippen LogP contribution < -0.4 is 0 Å². The minimum absolute atomic E-state index is 0.229. The number of hydrogen-bond donors (Lipinski definition) is 0. The molecule has 5 nitrogen and oxygen atoms in total. The van der Waals surface area contributed by atoms with Gasteiger partial charge in [-0.25, -0.2) is 4.79 Å². The van der Waals surface area contributed by atoms with Gasteiger partial charge in [-0.15, -0.1) is 0 Å². The van der Waals surface area contributed by atoms with Crippen molar-refractivity contribution in [1.29, 1.82) is 0 Å². The summed E-state index contributed by atoms with van der Waals surface area (Å²) in [6.45, 7) is 14.7. The van der Waals surface area contributed by atoms with Crippen LogP contribution in [0.3, 0.4) is 0 Å². The smallest absolute Gasteiger partial charge is 0.410 e. The number of ether oxygens (including phenoxy) is 1. The fourth-order valence-electron chi connectivity index (χ4n) is 3.86. The van der Waals surface area contributed by atoms with Gasteiger partial charge in [0.2, 0.25) is 5.91 Å². The molecule has 28 heavy (non-hydrogen) atoms. The number of likely N-dealkylation sites (tertiary alicyclic amines) is 2. The van der Waals surface area contributed by atoms with E-state index in [4.69, 9.17) is 4.74 Å². The lowest BCUT2D eigenvalue weighted by Gasteiger charge is -2.38. The van der Waals surface area contributed by atoms with Crippen LogP contribution in [-0.4, -0.2) is 63.6 Å². The fourth-order valence-corrected chi connectivity index (χ4v) is 4.90. The molecule has 2 saturated heterocycles. The van der Waals surface area contributed by atoms with E-state index < -0.39 is 5.60 Å². The van der Waals surface area contributed by atoms with Crippen molar-refractivity contribution in [1.82, 2.24) is 9.80 Å². The van der Waals surface area contributed by atoms with E-state index in [2.05, 4.69) is 25.7 Å². The Balaban J connectivity index is 1.81. The van der Waals surface area contributed by atoms with Gasteiger partial charge >= 0.3 is 6.09 Å². The van der Waals surface area contributed by atoms with Gasteiger partial charge in [-0.3, -0.25) is 4.79 Å². The lowest BCUT2D eigenvalue weighted by molar-refractivity contribution is -0.135. The van der Waals surface area contributed by atoms with Gasteiger partial charge < -0.3 is 14.5 Å². The van der Waals surface area contributed by atoms with Gasteiger partial charge in [0.05, 0.1) is 0 Å². The summed E-state index contributed by atoms with van der Waals surface area (Å²) in [4.78, 5) is 29.2. The van der Waals surface area contributed by atoms with Crippen LogP contribution in [0.2, 0.25) is 0 Å². The van der Waals surface area contributed by atoms with Crippen LogP contribution in [-0.2, 0) is 9.53 Å². The van der Waals surface area contributed by atoms with Crippen molar-refractivity contribution in [3.63, 3.8) is 0 Å². The Morgan fingerprint density at radius 1 is 0.964 bits per heavy atom. The average molecular weight is 413 g/mol. The maximum absolute atomic E-state index is 13.0. The molecule has 0 aromatic heterocycles. The third-order valence-corrected chi connectivity index (χ3v) is 6.80. The van der Waals surface area contributed by atoms with Gasteiger partial charge in [-0.2, -0.15) is 11.8 Å². The van der Waals surface area contributed by atoms with E-state index in [1.807, 2.05) is 32.5 Å². The summed E-state index contributed by atoms with van der Waals surface area (Å²) in [7, 11) is 0. The van der Waals surface area contributed by atoms with E-state index in [0.717, 1.165) is 38.0 Å². The zero-order valence-corrected chi connectivity index (χ0v) is 19.6. The van der Waals surface area contributed by atoms with Crippen LogP contribution in [0.4, 0.5) is 4.79 Å². The van der Waals surface area contributed by atoms with Crippen molar-refractivity contribution >= 4 is 23.8 Å². The quantitative estimate of drug-likeness (QED) is 0.656. The van der Waals surface area contributed by atoms with E-state index in [9.17, 15) is 9.59 Å². The topological polar surface area (TPSA) is 49.9 Å². The number of hydrogen-bond acceptors (Lipinski definition) is 4. The second-order valence-electron chi connectivity index (χ2n) is 10.3. The van der Waals surface area contributed by atoms with E-state index >= 15 is 0 Å². The van der Waals surface area contributed by atoms with Crippen molar-refractivity contribution in [3.8, 4) is 0 Å². The number of amides is 2. The second-order valence-corrected chi connectivity index (χ2v) is 12.1. The SMILES string of the molecule is CC(C)(C)OC(=O)N1CCC(CC(=O)N2CCCC[C@H]2CSC(C)(C)C)CC1. The molecule has 2 fully saturated rings. The maximum Gasteiger partial charge on any atom is 0.410 e. The third-order valence-electron chi connectivity index (χ3n) is 5.39. The Morgan fingerprint density at radius 3 is 2.18 bits per heavy atom. The molecule has 162 valence electrons. The summed E-state index contributed by atoms with van der Waals surface area (Å²) in [5.41, 5.74) is -0.460. The minimum atomic E-state index is -0.460. The van der Waals surface area contributed by atoms with Crippen molar-refractivity contribution in [2.45, 2.75) is 96.5 Å². The average Bonchev–Trinajstić information content (AvgIpc) is 2.58. The van der Waals surface area contributed by atoms with Crippen molar-refractivity contribution < 1.29 is 14.3 Å². The normalized spacial score (nSPS) is 22.3. The van der Waals surface area contributed by atoms with Crippen LogP contribution in [0.15, 0.2) is 0 Å². The predicted molar refractivity (Wildman–Crippen MR) is 117 cm³/mol. The molecule has 0 aromatic carbocycles. The van der Waals surface area contributed by atoms with E-state index in [-0.39, 0.29) is 10.8 Å². The van der Waals surface area contributed by atoms with Gasteiger partial charge in [0, 0.05) is 42.6 Å². The first kappa shape index (κ1) is 23.4. The Kier molecular flexibility index (Phi) is 8.12. The molecular weight excluding hydrogens is 372 g/mol. The molecular formula is C22H40N2O3S. The molecule has 1 atom stereocenters. The first-order valence-electron chi connectivity index (χ1n) is 10.9. The molecule has 2 aliphatic heterocycles. The van der Waals surface area contributed by atoms with E-state index in [1.54, 1.807) is 4.90 Å². The number of piperidine rings is 2. The Labute approximate surface area is 175 Å². The van der Waals surface area contributed by atoms with Gasteiger partial charge in [0.25, 0.3) is 0 Å². The summed E-state index contributed by atoms with van der Waals surface area (Å²) in [6, 6.07) is 0.382. The van der Waals surface area contributed by atoms with E-state index in [0.29, 0.717) is 37.4 Å². The van der Waals surface area contributed by atoms with Crippen LogP contribution >= 0.6 is 11.8 Å². The molecule has 0 spiro atoms. The molecule has 0 saturated carbocycles. The van der Waals surface area contributed by atoms with Gasteiger partial charge in [-0.1, -0.05) is 20.8 Å². The number of carbonyl (C=O) groups is 2. The monoisotopic (exact) mass is 412 g/mol. The standard InChI is InChI=1S/C22H40N2O3S/c1-21(2,3)27-20(26)23-13-10-17(11-14-23)15-19(25)24-12-8-7-9-18(24)16-28-22(4,5)6/h17-18H,7-16H2,1-6H3/t18-/m0/s1.